The van der Waals surface area contributed by atoms with Crippen molar-refractivity contribution < 1.29 is 14.3 Å². The third-order valence-electron chi connectivity index (χ3n) is 4.56. The minimum atomic E-state index is -0.338. The van der Waals surface area contributed by atoms with Gasteiger partial charge in [-0.2, -0.15) is 5.26 Å². The van der Waals surface area contributed by atoms with Crippen LogP contribution in [0.4, 0.5) is 0 Å². The van der Waals surface area contributed by atoms with Gasteiger partial charge in [-0.1, -0.05) is 36.4 Å². The molecule has 30 heavy (non-hydrogen) atoms. The van der Waals surface area contributed by atoms with Crippen LogP contribution in [0.5, 0.6) is 11.5 Å². The van der Waals surface area contributed by atoms with E-state index in [1.807, 2.05) is 54.6 Å². The van der Waals surface area contributed by atoms with Crippen molar-refractivity contribution in [3.8, 4) is 17.6 Å². The van der Waals surface area contributed by atoms with Gasteiger partial charge in [-0.25, -0.2) is 0 Å². The van der Waals surface area contributed by atoms with Gasteiger partial charge < -0.3 is 20.1 Å². The molecule has 0 spiro atoms. The molecular weight excluding hydrogens is 378 g/mol. The largest absolute Gasteiger partial charge is 0.493 e. The number of nitrogens with one attached hydrogen (secondary N) is 2. The van der Waals surface area contributed by atoms with Crippen molar-refractivity contribution in [3.63, 3.8) is 0 Å². The van der Waals surface area contributed by atoms with Crippen LogP contribution in [-0.4, -0.2) is 39.8 Å². The number of ether oxygens (including phenoxy) is 2. The SMILES string of the molecule is COc1ccc(CCCNCCCNC(=O)/C(C#N)=C/c2ccccc2)cc1OC. The maximum Gasteiger partial charge on any atom is 0.261 e. The number of carbonyl (C=O) groups excluding carboxylic acids is 1. The monoisotopic (exact) mass is 407 g/mol. The summed E-state index contributed by atoms with van der Waals surface area (Å²) < 4.78 is 10.6. The molecule has 0 aliphatic carbocycles. The molecule has 6 heteroatoms. The van der Waals surface area contributed by atoms with Crippen molar-refractivity contribution in [1.29, 1.82) is 5.26 Å². The van der Waals surface area contributed by atoms with E-state index in [9.17, 15) is 10.1 Å². The highest BCUT2D eigenvalue weighted by Gasteiger charge is 2.08. The molecule has 2 N–H and O–H groups in total. The maximum atomic E-state index is 12.1. The van der Waals surface area contributed by atoms with Gasteiger partial charge in [0.15, 0.2) is 11.5 Å². The Bertz CT molecular complexity index is 873. The van der Waals surface area contributed by atoms with Crippen LogP contribution < -0.4 is 20.1 Å². The Morgan fingerprint density at radius 3 is 2.43 bits per heavy atom. The van der Waals surface area contributed by atoms with E-state index in [2.05, 4.69) is 10.6 Å². The van der Waals surface area contributed by atoms with Crippen molar-refractivity contribution in [2.75, 3.05) is 33.9 Å². The molecule has 0 saturated heterocycles. The van der Waals surface area contributed by atoms with Crippen LogP contribution in [0.15, 0.2) is 54.1 Å². The topological polar surface area (TPSA) is 83.4 Å². The molecule has 0 aliphatic rings. The number of nitrogens with zero attached hydrogens (tertiary/aromatic N) is 1. The molecule has 6 nitrogen and oxygen atoms in total. The molecule has 0 radical (unpaired) electrons. The van der Waals surface area contributed by atoms with Gasteiger partial charge in [0.25, 0.3) is 5.91 Å². The zero-order valence-electron chi connectivity index (χ0n) is 17.6. The van der Waals surface area contributed by atoms with Gasteiger partial charge >= 0.3 is 0 Å². The second-order valence-electron chi connectivity index (χ2n) is 6.73. The summed E-state index contributed by atoms with van der Waals surface area (Å²) in [6.45, 7) is 2.21. The Morgan fingerprint density at radius 2 is 1.73 bits per heavy atom. The van der Waals surface area contributed by atoms with Crippen LogP contribution in [0.25, 0.3) is 6.08 Å². The summed E-state index contributed by atoms with van der Waals surface area (Å²) in [4.78, 5) is 12.1. The minimum Gasteiger partial charge on any atom is -0.493 e. The van der Waals surface area contributed by atoms with E-state index in [1.165, 1.54) is 5.56 Å². The van der Waals surface area contributed by atoms with Gasteiger partial charge in [-0.05, 0) is 61.7 Å². The summed E-state index contributed by atoms with van der Waals surface area (Å²) >= 11 is 0. The number of carbonyl (C=O) groups is 1. The van der Waals surface area contributed by atoms with E-state index in [0.717, 1.165) is 49.4 Å². The number of aryl methyl sites for hydroxylation is 1. The van der Waals surface area contributed by atoms with E-state index in [-0.39, 0.29) is 11.5 Å². The van der Waals surface area contributed by atoms with Gasteiger partial charge in [0.05, 0.1) is 14.2 Å². The minimum absolute atomic E-state index is 0.115. The van der Waals surface area contributed by atoms with E-state index in [0.29, 0.717) is 6.54 Å². The molecule has 0 unspecified atom stereocenters. The fraction of sp³-hybridized carbons (Fsp3) is 0.333. The first kappa shape index (κ1) is 23.0. The molecule has 2 aromatic rings. The lowest BCUT2D eigenvalue weighted by Gasteiger charge is -2.10. The molecule has 158 valence electrons. The normalized spacial score (nSPS) is 10.9. The number of methoxy groups -OCH3 is 2. The second-order valence-corrected chi connectivity index (χ2v) is 6.73. The lowest BCUT2D eigenvalue weighted by atomic mass is 10.1. The van der Waals surface area contributed by atoms with E-state index < -0.39 is 0 Å². The molecule has 2 rings (SSSR count). The van der Waals surface area contributed by atoms with Gasteiger partial charge in [-0.15, -0.1) is 0 Å². The van der Waals surface area contributed by atoms with E-state index >= 15 is 0 Å². The van der Waals surface area contributed by atoms with Crippen LogP contribution in [-0.2, 0) is 11.2 Å². The predicted octanol–water partition coefficient (Wildman–Crippen LogP) is 3.34. The van der Waals surface area contributed by atoms with Crippen molar-refractivity contribution in [2.45, 2.75) is 19.3 Å². The third-order valence-corrected chi connectivity index (χ3v) is 4.56. The average molecular weight is 408 g/mol. The van der Waals surface area contributed by atoms with Crippen LogP contribution in [0.3, 0.4) is 0 Å². The van der Waals surface area contributed by atoms with Crippen molar-refractivity contribution in [3.05, 3.63) is 65.2 Å². The Kier molecular flexibility index (Phi) is 9.98. The molecule has 0 bridgehead atoms. The molecule has 0 heterocycles. The average Bonchev–Trinajstić information content (AvgIpc) is 2.79. The zero-order chi connectivity index (χ0) is 21.6. The second kappa shape index (κ2) is 13.0. The van der Waals surface area contributed by atoms with Crippen LogP contribution in [0.1, 0.15) is 24.0 Å². The summed E-state index contributed by atoms with van der Waals surface area (Å²) in [5, 5.41) is 15.4. The zero-order valence-corrected chi connectivity index (χ0v) is 17.6. The number of rotatable bonds is 12. The van der Waals surface area contributed by atoms with E-state index in [4.69, 9.17) is 9.47 Å². The number of benzene rings is 2. The first-order valence-electron chi connectivity index (χ1n) is 10.0. The van der Waals surface area contributed by atoms with Crippen LogP contribution in [0, 0.1) is 11.3 Å². The third kappa shape index (κ3) is 7.61. The molecule has 2 aromatic carbocycles. The van der Waals surface area contributed by atoms with Crippen LogP contribution in [0.2, 0.25) is 0 Å². The van der Waals surface area contributed by atoms with Crippen molar-refractivity contribution in [1.82, 2.24) is 10.6 Å². The van der Waals surface area contributed by atoms with Gasteiger partial charge in [0.1, 0.15) is 11.6 Å². The highest BCUT2D eigenvalue weighted by atomic mass is 16.5. The number of nitriles is 1. The number of amides is 1. The summed E-state index contributed by atoms with van der Waals surface area (Å²) in [6.07, 6.45) is 4.34. The summed E-state index contributed by atoms with van der Waals surface area (Å²) in [5.74, 6) is 1.14. The maximum absolute atomic E-state index is 12.1. The summed E-state index contributed by atoms with van der Waals surface area (Å²) in [5.41, 5.74) is 2.15. The fourth-order valence-electron chi connectivity index (χ4n) is 2.95. The lowest BCUT2D eigenvalue weighted by molar-refractivity contribution is -0.117. The first-order chi connectivity index (χ1) is 14.7. The van der Waals surface area contributed by atoms with Gasteiger partial charge in [0.2, 0.25) is 0 Å². The molecule has 0 aliphatic heterocycles. The van der Waals surface area contributed by atoms with Gasteiger partial charge in [-0.3, -0.25) is 4.79 Å². The quantitative estimate of drug-likeness (QED) is 0.320. The highest BCUT2D eigenvalue weighted by Crippen LogP contribution is 2.27. The Labute approximate surface area is 178 Å². The van der Waals surface area contributed by atoms with Gasteiger partial charge in [0, 0.05) is 6.54 Å². The number of hydrogen-bond donors (Lipinski definition) is 2. The summed E-state index contributed by atoms with van der Waals surface area (Å²) in [6, 6.07) is 17.3. The lowest BCUT2D eigenvalue weighted by Crippen LogP contribution is -2.28. The fourth-order valence-corrected chi connectivity index (χ4v) is 2.95. The molecule has 1 amide bonds. The Morgan fingerprint density at radius 1 is 1.00 bits per heavy atom. The predicted molar refractivity (Wildman–Crippen MR) is 118 cm³/mol. The molecule has 0 aromatic heterocycles. The van der Waals surface area contributed by atoms with Crippen LogP contribution >= 0.6 is 0 Å². The first-order valence-corrected chi connectivity index (χ1v) is 10.0. The molecule has 0 saturated carbocycles. The van der Waals surface area contributed by atoms with Crippen molar-refractivity contribution in [2.24, 2.45) is 0 Å². The Hall–Kier alpha value is -3.30. The molecule has 0 atom stereocenters. The number of hydrogen-bond acceptors (Lipinski definition) is 5. The Balaban J connectivity index is 1.61. The standard InChI is InChI=1S/C24H29N3O3/c1-29-22-12-11-20(17-23(22)30-2)10-6-13-26-14-7-15-27-24(28)21(18-25)16-19-8-4-3-5-9-19/h3-5,8-9,11-12,16-17,26H,6-7,10,13-15H2,1-2H3,(H,27,28)/b21-16+. The summed E-state index contributed by atoms with van der Waals surface area (Å²) in [7, 11) is 3.27. The van der Waals surface area contributed by atoms with E-state index in [1.54, 1.807) is 20.3 Å². The highest BCUT2D eigenvalue weighted by molar-refractivity contribution is 6.01. The van der Waals surface area contributed by atoms with Crippen molar-refractivity contribution >= 4 is 12.0 Å². The molecule has 0 fully saturated rings. The smallest absolute Gasteiger partial charge is 0.261 e. The molecular formula is C24H29N3O3.